The minimum Gasteiger partial charge on any atom is -0.488 e. The average molecular weight is 283 g/mol. The topological polar surface area (TPSA) is 33.0 Å². The largest absolute Gasteiger partial charge is 0.488 e. The van der Waals surface area contributed by atoms with Gasteiger partial charge in [-0.15, -0.1) is 0 Å². The van der Waals surface area contributed by atoms with Crippen LogP contribution in [-0.4, -0.2) is 0 Å². The number of halogens is 1. The number of nitriles is 1. The molecule has 0 spiro atoms. The molecule has 0 bridgehead atoms. The van der Waals surface area contributed by atoms with E-state index in [1.54, 1.807) is 0 Å². The molecule has 3 heteroatoms. The second-order valence-electron chi connectivity index (χ2n) is 5.40. The molecule has 0 aliphatic heterocycles. The van der Waals surface area contributed by atoms with Crippen LogP contribution in [0.4, 0.5) is 4.39 Å². The molecular weight excluding hydrogens is 265 g/mol. The van der Waals surface area contributed by atoms with E-state index in [4.69, 9.17) is 10.00 Å². The van der Waals surface area contributed by atoms with Crippen molar-refractivity contribution in [3.63, 3.8) is 0 Å². The maximum Gasteiger partial charge on any atom is 0.129 e. The summed E-state index contributed by atoms with van der Waals surface area (Å²) in [6.45, 7) is 6.29. The van der Waals surface area contributed by atoms with Crippen LogP contribution in [0.15, 0.2) is 36.4 Å². The zero-order valence-electron chi connectivity index (χ0n) is 12.5. The first-order valence-electron chi connectivity index (χ1n) is 6.93. The molecule has 0 saturated carbocycles. The first-order chi connectivity index (χ1) is 10.0. The molecule has 0 fully saturated rings. The molecule has 0 aliphatic rings. The van der Waals surface area contributed by atoms with Crippen molar-refractivity contribution in [2.75, 3.05) is 0 Å². The minimum atomic E-state index is -0.354. The highest BCUT2D eigenvalue weighted by molar-refractivity contribution is 5.39. The van der Waals surface area contributed by atoms with E-state index in [9.17, 15) is 4.39 Å². The number of ether oxygens (including phenoxy) is 1. The van der Waals surface area contributed by atoms with Crippen molar-refractivity contribution >= 4 is 0 Å². The summed E-state index contributed by atoms with van der Waals surface area (Å²) >= 11 is 0. The summed E-state index contributed by atoms with van der Waals surface area (Å²) in [4.78, 5) is 0. The van der Waals surface area contributed by atoms with Crippen LogP contribution in [0.25, 0.3) is 0 Å². The Morgan fingerprint density at radius 2 is 1.95 bits per heavy atom. The summed E-state index contributed by atoms with van der Waals surface area (Å²) < 4.78 is 19.6. The van der Waals surface area contributed by atoms with Gasteiger partial charge in [0.2, 0.25) is 0 Å². The highest BCUT2D eigenvalue weighted by Crippen LogP contribution is 2.28. The van der Waals surface area contributed by atoms with Gasteiger partial charge in [0.15, 0.2) is 0 Å². The molecule has 0 aliphatic carbocycles. The Labute approximate surface area is 124 Å². The molecular formula is C18H18FNO. The summed E-state index contributed by atoms with van der Waals surface area (Å²) in [7, 11) is 0. The molecule has 2 nitrogen and oxygen atoms in total. The third-order valence-electron chi connectivity index (χ3n) is 3.35. The number of nitrogens with zero attached hydrogens (tertiary/aromatic N) is 1. The van der Waals surface area contributed by atoms with Gasteiger partial charge < -0.3 is 4.74 Å². The van der Waals surface area contributed by atoms with Gasteiger partial charge in [0.05, 0.1) is 11.6 Å². The summed E-state index contributed by atoms with van der Waals surface area (Å²) in [5.74, 6) is 0.746. The fraction of sp³-hybridized carbons (Fsp3) is 0.278. The Balaban J connectivity index is 2.24. The van der Waals surface area contributed by atoms with Gasteiger partial charge in [-0.2, -0.15) is 5.26 Å². The van der Waals surface area contributed by atoms with Crippen molar-refractivity contribution in [1.29, 1.82) is 5.26 Å². The quantitative estimate of drug-likeness (QED) is 0.814. The number of hydrogen-bond donors (Lipinski definition) is 0. The normalized spacial score (nSPS) is 10.5. The lowest BCUT2D eigenvalue weighted by Crippen LogP contribution is -2.02. The van der Waals surface area contributed by atoms with E-state index < -0.39 is 0 Å². The number of rotatable bonds is 4. The SMILES string of the molecule is Cc1ccc(C(C)C)c(OCc2cc(C#N)ccc2F)c1. The van der Waals surface area contributed by atoms with E-state index in [1.165, 1.54) is 18.2 Å². The first-order valence-corrected chi connectivity index (χ1v) is 6.93. The van der Waals surface area contributed by atoms with Crippen molar-refractivity contribution in [2.45, 2.75) is 33.3 Å². The Bertz CT molecular complexity index is 686. The Morgan fingerprint density at radius 3 is 2.62 bits per heavy atom. The third kappa shape index (κ3) is 3.61. The fourth-order valence-electron chi connectivity index (χ4n) is 2.15. The molecule has 21 heavy (non-hydrogen) atoms. The van der Waals surface area contributed by atoms with Crippen LogP contribution in [0.2, 0.25) is 0 Å². The number of benzene rings is 2. The fourth-order valence-corrected chi connectivity index (χ4v) is 2.15. The van der Waals surface area contributed by atoms with Crippen LogP contribution >= 0.6 is 0 Å². The molecule has 2 aromatic carbocycles. The van der Waals surface area contributed by atoms with Crippen LogP contribution in [0, 0.1) is 24.1 Å². The molecule has 0 saturated heterocycles. The lowest BCUT2D eigenvalue weighted by Gasteiger charge is -2.15. The maximum atomic E-state index is 13.8. The van der Waals surface area contributed by atoms with Crippen LogP contribution in [-0.2, 0) is 6.61 Å². The Kier molecular flexibility index (Phi) is 4.59. The van der Waals surface area contributed by atoms with Crippen molar-refractivity contribution in [3.05, 3.63) is 64.5 Å². The monoisotopic (exact) mass is 283 g/mol. The highest BCUT2D eigenvalue weighted by Gasteiger charge is 2.10. The van der Waals surface area contributed by atoms with Gasteiger partial charge in [0.1, 0.15) is 18.2 Å². The molecule has 0 radical (unpaired) electrons. The Hall–Kier alpha value is -2.34. The minimum absolute atomic E-state index is 0.116. The highest BCUT2D eigenvalue weighted by atomic mass is 19.1. The van der Waals surface area contributed by atoms with Crippen molar-refractivity contribution in [1.82, 2.24) is 0 Å². The summed E-state index contributed by atoms with van der Waals surface area (Å²) in [5, 5.41) is 8.88. The summed E-state index contributed by atoms with van der Waals surface area (Å²) in [6.07, 6.45) is 0. The second kappa shape index (κ2) is 6.41. The van der Waals surface area contributed by atoms with Crippen LogP contribution in [0.5, 0.6) is 5.75 Å². The summed E-state index contributed by atoms with van der Waals surface area (Å²) in [5.41, 5.74) is 3.02. The van der Waals surface area contributed by atoms with E-state index in [0.717, 1.165) is 16.9 Å². The maximum absolute atomic E-state index is 13.8. The van der Waals surface area contributed by atoms with Gasteiger partial charge in [-0.1, -0.05) is 26.0 Å². The molecule has 0 amide bonds. The molecule has 108 valence electrons. The van der Waals surface area contributed by atoms with Crippen LogP contribution in [0.3, 0.4) is 0 Å². The number of hydrogen-bond acceptors (Lipinski definition) is 2. The number of aryl methyl sites for hydroxylation is 1. The Morgan fingerprint density at radius 1 is 1.19 bits per heavy atom. The van der Waals surface area contributed by atoms with Crippen molar-refractivity contribution < 1.29 is 9.13 Å². The lowest BCUT2D eigenvalue weighted by molar-refractivity contribution is 0.295. The average Bonchev–Trinajstić information content (AvgIpc) is 2.46. The molecule has 0 unspecified atom stereocenters. The predicted octanol–water partition coefficient (Wildman–Crippen LogP) is 4.71. The predicted molar refractivity (Wildman–Crippen MR) is 80.7 cm³/mol. The molecule has 0 N–H and O–H groups in total. The van der Waals surface area contributed by atoms with Gasteiger partial charge in [-0.05, 0) is 48.2 Å². The van der Waals surface area contributed by atoms with Crippen molar-refractivity contribution in [3.8, 4) is 11.8 Å². The van der Waals surface area contributed by atoms with E-state index in [2.05, 4.69) is 13.8 Å². The zero-order chi connectivity index (χ0) is 15.4. The van der Waals surface area contributed by atoms with E-state index in [0.29, 0.717) is 17.0 Å². The zero-order valence-corrected chi connectivity index (χ0v) is 12.5. The summed E-state index contributed by atoms with van der Waals surface area (Å²) in [6, 6.07) is 12.3. The van der Waals surface area contributed by atoms with Crippen LogP contribution < -0.4 is 4.74 Å². The van der Waals surface area contributed by atoms with E-state index >= 15 is 0 Å². The third-order valence-corrected chi connectivity index (χ3v) is 3.35. The van der Waals surface area contributed by atoms with Gasteiger partial charge in [-0.25, -0.2) is 4.39 Å². The van der Waals surface area contributed by atoms with Crippen LogP contribution in [0.1, 0.15) is 42.0 Å². The van der Waals surface area contributed by atoms with E-state index in [-0.39, 0.29) is 12.4 Å². The first kappa shape index (κ1) is 15.1. The van der Waals surface area contributed by atoms with Gasteiger partial charge >= 0.3 is 0 Å². The standard InChI is InChI=1S/C18H18FNO/c1-12(2)16-6-4-13(3)8-18(16)21-11-15-9-14(10-20)5-7-17(15)19/h4-9,12H,11H2,1-3H3. The molecule has 0 heterocycles. The van der Waals surface area contributed by atoms with Gasteiger partial charge in [0.25, 0.3) is 0 Å². The lowest BCUT2D eigenvalue weighted by atomic mass is 10.0. The smallest absolute Gasteiger partial charge is 0.129 e. The molecule has 2 rings (SSSR count). The molecule has 0 aromatic heterocycles. The van der Waals surface area contributed by atoms with Gasteiger partial charge in [-0.3, -0.25) is 0 Å². The molecule has 2 aromatic rings. The van der Waals surface area contributed by atoms with E-state index in [1.807, 2.05) is 31.2 Å². The van der Waals surface area contributed by atoms with Crippen molar-refractivity contribution in [2.24, 2.45) is 0 Å². The second-order valence-corrected chi connectivity index (χ2v) is 5.40. The van der Waals surface area contributed by atoms with Gasteiger partial charge in [0, 0.05) is 5.56 Å². The molecule has 0 atom stereocenters.